The Bertz CT molecular complexity index is 1200. The number of nitrogens with zero attached hydrogens (tertiary/aromatic N) is 5. The van der Waals surface area contributed by atoms with Crippen molar-refractivity contribution in [2.24, 2.45) is 17.3 Å². The lowest BCUT2D eigenvalue weighted by Gasteiger charge is -2.59. The molecule has 5 aliphatic rings. The highest BCUT2D eigenvalue weighted by molar-refractivity contribution is 6.31. The molecule has 7 nitrogen and oxygen atoms in total. The van der Waals surface area contributed by atoms with Gasteiger partial charge >= 0.3 is 12.2 Å². The Morgan fingerprint density at radius 2 is 1.78 bits per heavy atom. The van der Waals surface area contributed by atoms with E-state index < -0.39 is 11.7 Å². The first kappa shape index (κ1) is 23.6. The maximum absolute atomic E-state index is 13.1. The molecule has 0 radical (unpaired) electrons. The van der Waals surface area contributed by atoms with Gasteiger partial charge in [0, 0.05) is 37.5 Å². The van der Waals surface area contributed by atoms with E-state index >= 15 is 0 Å². The molecule has 3 aliphatic carbocycles. The van der Waals surface area contributed by atoms with Crippen LogP contribution >= 0.6 is 11.6 Å². The van der Waals surface area contributed by atoms with Crippen molar-refractivity contribution < 1.29 is 22.7 Å². The second-order valence-electron chi connectivity index (χ2n) is 11.8. The van der Waals surface area contributed by atoms with Gasteiger partial charge in [0.2, 0.25) is 0 Å². The van der Waals surface area contributed by atoms with E-state index in [0.29, 0.717) is 42.6 Å². The van der Waals surface area contributed by atoms with Crippen molar-refractivity contribution in [1.82, 2.24) is 24.6 Å². The molecule has 1 aromatic heterocycles. The zero-order valence-corrected chi connectivity index (χ0v) is 21.1. The summed E-state index contributed by atoms with van der Waals surface area (Å²) in [7, 11) is 0. The summed E-state index contributed by atoms with van der Waals surface area (Å²) in [4.78, 5) is 21.6. The molecule has 2 saturated heterocycles. The topological polar surface area (TPSA) is 63.5 Å². The third-order valence-electron chi connectivity index (χ3n) is 9.03. The molecule has 3 saturated carbocycles. The SMILES string of the molecule is O=C(N1CC2CC(Oc3ccc(C(F)(F)F)c(Cl)c3)CC2C1)N1CC2(CC(n3cnc(C4CC4)n3)C2)C1. The average molecular weight is 536 g/mol. The highest BCUT2D eigenvalue weighted by Crippen LogP contribution is 2.54. The van der Waals surface area contributed by atoms with E-state index in [9.17, 15) is 18.0 Å². The average Bonchev–Trinajstić information content (AvgIpc) is 3.19. The van der Waals surface area contributed by atoms with Crippen LogP contribution in [0.1, 0.15) is 61.9 Å². The van der Waals surface area contributed by atoms with E-state index in [1.807, 2.05) is 20.8 Å². The van der Waals surface area contributed by atoms with Crippen LogP contribution in [0.15, 0.2) is 24.5 Å². The molecule has 1 aromatic carbocycles. The van der Waals surface area contributed by atoms with Gasteiger partial charge in [-0.1, -0.05) is 11.6 Å². The zero-order chi connectivity index (χ0) is 25.5. The van der Waals surface area contributed by atoms with Gasteiger partial charge in [-0.3, -0.25) is 0 Å². The summed E-state index contributed by atoms with van der Waals surface area (Å²) in [6, 6.07) is 4.08. The third kappa shape index (κ3) is 4.25. The van der Waals surface area contributed by atoms with E-state index in [-0.39, 0.29) is 22.6 Å². The number of fused-ring (bicyclic) bond motifs is 1. The summed E-state index contributed by atoms with van der Waals surface area (Å²) < 4.78 is 46.8. The molecular formula is C26H29ClF3N5O2. The summed E-state index contributed by atoms with van der Waals surface area (Å²) in [6.45, 7) is 3.07. The molecular weight excluding hydrogens is 507 g/mol. The molecule has 1 spiro atoms. The zero-order valence-electron chi connectivity index (χ0n) is 20.3. The van der Waals surface area contributed by atoms with Gasteiger partial charge in [-0.2, -0.15) is 18.3 Å². The molecule has 0 bridgehead atoms. The lowest BCUT2D eigenvalue weighted by Crippen LogP contribution is -2.65. The first-order valence-corrected chi connectivity index (χ1v) is 13.5. The van der Waals surface area contributed by atoms with E-state index in [0.717, 1.165) is 50.7 Å². The minimum absolute atomic E-state index is 0.0727. The van der Waals surface area contributed by atoms with Crippen molar-refractivity contribution in [3.63, 3.8) is 0 Å². The summed E-state index contributed by atoms with van der Waals surface area (Å²) in [5.74, 6) is 2.62. The minimum atomic E-state index is -4.48. The minimum Gasteiger partial charge on any atom is -0.490 e. The van der Waals surface area contributed by atoms with Crippen molar-refractivity contribution in [3.05, 3.63) is 40.9 Å². The second-order valence-corrected chi connectivity index (χ2v) is 12.2. The van der Waals surface area contributed by atoms with Gasteiger partial charge in [0.15, 0.2) is 5.82 Å². The number of hydrogen-bond acceptors (Lipinski definition) is 4. The van der Waals surface area contributed by atoms with E-state index in [2.05, 4.69) is 10.1 Å². The number of carbonyl (C=O) groups is 1. The number of rotatable bonds is 4. The smallest absolute Gasteiger partial charge is 0.417 e. The lowest BCUT2D eigenvalue weighted by molar-refractivity contribution is -0.137. The summed E-state index contributed by atoms with van der Waals surface area (Å²) in [5, 5.41) is 4.32. The summed E-state index contributed by atoms with van der Waals surface area (Å²) in [6.07, 6.45) is 3.42. The van der Waals surface area contributed by atoms with Crippen LogP contribution in [0.3, 0.4) is 0 Å². The predicted octanol–water partition coefficient (Wildman–Crippen LogP) is 5.37. The molecule has 0 N–H and O–H groups in total. The van der Waals surface area contributed by atoms with Crippen LogP contribution in [-0.4, -0.2) is 62.9 Å². The van der Waals surface area contributed by atoms with Crippen molar-refractivity contribution in [1.29, 1.82) is 0 Å². The third-order valence-corrected chi connectivity index (χ3v) is 9.34. The van der Waals surface area contributed by atoms with Gasteiger partial charge in [-0.25, -0.2) is 14.5 Å². The number of alkyl halides is 3. The normalized spacial score (nSPS) is 28.8. The van der Waals surface area contributed by atoms with Gasteiger partial charge < -0.3 is 14.5 Å². The van der Waals surface area contributed by atoms with E-state index in [4.69, 9.17) is 16.3 Å². The molecule has 37 heavy (non-hydrogen) atoms. The number of likely N-dealkylation sites (tertiary alicyclic amines) is 2. The molecule has 2 amide bonds. The van der Waals surface area contributed by atoms with Crippen molar-refractivity contribution in [3.8, 4) is 5.75 Å². The van der Waals surface area contributed by atoms with Crippen LogP contribution in [0.5, 0.6) is 5.75 Å². The second kappa shape index (κ2) is 8.25. The number of halogens is 4. The van der Waals surface area contributed by atoms with Crippen LogP contribution in [0, 0.1) is 17.3 Å². The fourth-order valence-corrected chi connectivity index (χ4v) is 7.24. The van der Waals surface area contributed by atoms with Crippen molar-refractivity contribution in [2.45, 2.75) is 62.8 Å². The molecule has 5 fully saturated rings. The maximum atomic E-state index is 13.1. The Morgan fingerprint density at radius 1 is 1.08 bits per heavy atom. The monoisotopic (exact) mass is 535 g/mol. The Kier molecular flexibility index (Phi) is 5.27. The summed E-state index contributed by atoms with van der Waals surface area (Å²) in [5.41, 5.74) is -0.617. The van der Waals surface area contributed by atoms with Crippen LogP contribution in [0.25, 0.3) is 0 Å². The number of benzene rings is 1. The molecule has 198 valence electrons. The van der Waals surface area contributed by atoms with Gasteiger partial charge in [0.1, 0.15) is 12.1 Å². The predicted molar refractivity (Wildman–Crippen MR) is 128 cm³/mol. The van der Waals surface area contributed by atoms with Crippen LogP contribution in [0.4, 0.5) is 18.0 Å². The van der Waals surface area contributed by atoms with Crippen LogP contribution in [0.2, 0.25) is 5.02 Å². The first-order valence-electron chi connectivity index (χ1n) is 13.1. The molecule has 3 heterocycles. The van der Waals surface area contributed by atoms with Crippen LogP contribution < -0.4 is 4.74 Å². The standard InChI is InChI=1S/C26H29ClF3N5O2/c27-22-7-19(3-4-21(22)26(28,29)30)37-20-5-16-10-33(11-17(16)6-20)24(36)34-12-25(13-34)8-18(9-25)35-14-31-23(32-35)15-1-2-15/h3-4,7,14-18,20H,1-2,5-6,8-13H2. The highest BCUT2D eigenvalue weighted by Gasteiger charge is 2.56. The molecule has 2 aromatic rings. The fourth-order valence-electron chi connectivity index (χ4n) is 6.96. The van der Waals surface area contributed by atoms with Gasteiger partial charge in [-0.15, -0.1) is 0 Å². The number of hydrogen-bond donors (Lipinski definition) is 0. The highest BCUT2D eigenvalue weighted by atomic mass is 35.5. The van der Waals surface area contributed by atoms with Gasteiger partial charge in [0.05, 0.1) is 22.7 Å². The molecule has 2 atom stereocenters. The molecule has 7 rings (SSSR count). The number of aromatic nitrogens is 3. The molecule has 11 heteroatoms. The largest absolute Gasteiger partial charge is 0.490 e. The van der Waals surface area contributed by atoms with Gasteiger partial charge in [0.25, 0.3) is 0 Å². The first-order chi connectivity index (χ1) is 17.7. The van der Waals surface area contributed by atoms with Crippen molar-refractivity contribution in [2.75, 3.05) is 26.2 Å². The summed E-state index contributed by atoms with van der Waals surface area (Å²) >= 11 is 5.83. The number of amides is 2. The number of carbonyl (C=O) groups excluding carboxylic acids is 1. The maximum Gasteiger partial charge on any atom is 0.417 e. The Balaban J connectivity index is 0.876. The molecule has 2 unspecified atom stereocenters. The number of urea groups is 1. The van der Waals surface area contributed by atoms with Crippen molar-refractivity contribution >= 4 is 17.6 Å². The lowest BCUT2D eigenvalue weighted by atomic mass is 9.61. The van der Waals surface area contributed by atoms with E-state index in [1.54, 1.807) is 0 Å². The Morgan fingerprint density at radius 3 is 2.41 bits per heavy atom. The van der Waals surface area contributed by atoms with E-state index in [1.165, 1.54) is 25.0 Å². The molecule has 2 aliphatic heterocycles. The Hall–Kier alpha value is -2.49. The quantitative estimate of drug-likeness (QED) is 0.528. The Labute approximate surface area is 217 Å². The fraction of sp³-hybridized carbons (Fsp3) is 0.654. The van der Waals surface area contributed by atoms with Crippen LogP contribution in [-0.2, 0) is 6.18 Å². The number of ether oxygens (including phenoxy) is 1. The van der Waals surface area contributed by atoms with Gasteiger partial charge in [-0.05, 0) is 68.6 Å².